The second kappa shape index (κ2) is 8.42. The number of amides is 1. The van der Waals surface area contributed by atoms with Crippen molar-refractivity contribution in [1.29, 1.82) is 0 Å². The van der Waals surface area contributed by atoms with Crippen molar-refractivity contribution in [2.24, 2.45) is 0 Å². The van der Waals surface area contributed by atoms with Gasteiger partial charge in [0.2, 0.25) is 15.9 Å². The van der Waals surface area contributed by atoms with Crippen LogP contribution < -0.4 is 14.4 Å². The van der Waals surface area contributed by atoms with Gasteiger partial charge in [-0.15, -0.1) is 0 Å². The van der Waals surface area contributed by atoms with Gasteiger partial charge in [0.1, 0.15) is 12.3 Å². The number of benzene rings is 2. The van der Waals surface area contributed by atoms with E-state index in [1.807, 2.05) is 31.2 Å². The number of halogens is 1. The van der Waals surface area contributed by atoms with E-state index in [4.69, 9.17) is 16.3 Å². The number of hydrogen-bond donors (Lipinski definition) is 1. The van der Waals surface area contributed by atoms with Crippen LogP contribution in [0.1, 0.15) is 11.1 Å². The molecule has 8 heteroatoms. The Kier molecular flexibility index (Phi) is 6.50. The van der Waals surface area contributed by atoms with Crippen LogP contribution >= 0.6 is 11.6 Å². The molecular weight excluding hydrogens is 376 g/mol. The van der Waals surface area contributed by atoms with Gasteiger partial charge in [0.05, 0.1) is 19.1 Å². The third kappa shape index (κ3) is 5.37. The molecular formula is C18H21ClN2O4S. The lowest BCUT2D eigenvalue weighted by Gasteiger charge is -2.24. The fourth-order valence-corrected chi connectivity index (χ4v) is 3.47. The highest BCUT2D eigenvalue weighted by molar-refractivity contribution is 7.92. The van der Waals surface area contributed by atoms with Crippen molar-refractivity contribution >= 4 is 33.2 Å². The van der Waals surface area contributed by atoms with Crippen LogP contribution in [0.2, 0.25) is 5.02 Å². The largest absolute Gasteiger partial charge is 0.495 e. The van der Waals surface area contributed by atoms with Crippen LogP contribution in [0.4, 0.5) is 5.69 Å². The van der Waals surface area contributed by atoms with Crippen LogP contribution in [0.5, 0.6) is 5.75 Å². The third-order valence-corrected chi connectivity index (χ3v) is 5.03. The molecule has 1 N–H and O–H groups in total. The van der Waals surface area contributed by atoms with E-state index in [1.54, 1.807) is 12.1 Å². The standard InChI is InChI=1S/C18H21ClN2O4S/c1-13-5-4-6-14(9-13)11-20-18(22)12-21(26(3,23)24)16-10-15(19)7-8-17(16)25-2/h4-10H,11-12H2,1-3H3,(H,20,22). The Hall–Kier alpha value is -2.25. The Morgan fingerprint density at radius 2 is 1.96 bits per heavy atom. The number of nitrogens with one attached hydrogen (secondary N) is 1. The molecule has 26 heavy (non-hydrogen) atoms. The summed E-state index contributed by atoms with van der Waals surface area (Å²) in [7, 11) is -2.30. The van der Waals surface area contributed by atoms with Crippen molar-refractivity contribution in [1.82, 2.24) is 5.32 Å². The summed E-state index contributed by atoms with van der Waals surface area (Å²) in [6.07, 6.45) is 1.03. The van der Waals surface area contributed by atoms with E-state index in [1.165, 1.54) is 13.2 Å². The zero-order valence-corrected chi connectivity index (χ0v) is 16.4. The van der Waals surface area contributed by atoms with Crippen molar-refractivity contribution in [2.75, 3.05) is 24.2 Å². The minimum Gasteiger partial charge on any atom is -0.495 e. The summed E-state index contributed by atoms with van der Waals surface area (Å²) in [6.45, 7) is 1.90. The van der Waals surface area contributed by atoms with Crippen LogP contribution in [-0.2, 0) is 21.4 Å². The highest BCUT2D eigenvalue weighted by Crippen LogP contribution is 2.32. The second-order valence-electron chi connectivity index (χ2n) is 5.85. The average Bonchev–Trinajstić information content (AvgIpc) is 2.57. The predicted molar refractivity (Wildman–Crippen MR) is 103 cm³/mol. The molecule has 0 radical (unpaired) electrons. The molecule has 0 spiro atoms. The fourth-order valence-electron chi connectivity index (χ4n) is 2.45. The molecule has 0 aliphatic rings. The second-order valence-corrected chi connectivity index (χ2v) is 8.19. The van der Waals surface area contributed by atoms with Gasteiger partial charge in [-0.1, -0.05) is 41.4 Å². The number of aryl methyl sites for hydroxylation is 1. The van der Waals surface area contributed by atoms with Gasteiger partial charge in [-0.25, -0.2) is 8.42 Å². The molecule has 6 nitrogen and oxygen atoms in total. The molecule has 2 aromatic rings. The zero-order valence-electron chi connectivity index (χ0n) is 14.8. The van der Waals surface area contributed by atoms with Gasteiger partial charge in [-0.2, -0.15) is 0 Å². The topological polar surface area (TPSA) is 75.7 Å². The van der Waals surface area contributed by atoms with E-state index in [9.17, 15) is 13.2 Å². The van der Waals surface area contributed by atoms with Crippen molar-refractivity contribution in [3.63, 3.8) is 0 Å². The lowest BCUT2D eigenvalue weighted by molar-refractivity contribution is -0.119. The zero-order chi connectivity index (χ0) is 19.3. The molecule has 0 heterocycles. The van der Waals surface area contributed by atoms with Gasteiger partial charge < -0.3 is 10.1 Å². The lowest BCUT2D eigenvalue weighted by atomic mass is 10.1. The highest BCUT2D eigenvalue weighted by atomic mass is 35.5. The van der Waals surface area contributed by atoms with Gasteiger partial charge in [0.15, 0.2) is 0 Å². The van der Waals surface area contributed by atoms with Crippen LogP contribution in [0.15, 0.2) is 42.5 Å². The molecule has 2 rings (SSSR count). The normalized spacial score (nSPS) is 11.1. The first-order chi connectivity index (χ1) is 12.2. The quantitative estimate of drug-likeness (QED) is 0.780. The van der Waals surface area contributed by atoms with E-state index in [2.05, 4.69) is 5.32 Å². The Morgan fingerprint density at radius 1 is 1.23 bits per heavy atom. The monoisotopic (exact) mass is 396 g/mol. The fraction of sp³-hybridized carbons (Fsp3) is 0.278. The number of anilines is 1. The first kappa shape index (κ1) is 20.1. The molecule has 140 valence electrons. The van der Waals surface area contributed by atoms with Crippen LogP contribution in [0, 0.1) is 6.92 Å². The minimum absolute atomic E-state index is 0.216. The van der Waals surface area contributed by atoms with Crippen molar-refractivity contribution < 1.29 is 17.9 Å². The maximum absolute atomic E-state index is 12.3. The summed E-state index contributed by atoms with van der Waals surface area (Å²) in [5.74, 6) is -0.120. The average molecular weight is 397 g/mol. The molecule has 0 unspecified atom stereocenters. The van der Waals surface area contributed by atoms with Gasteiger partial charge in [-0.3, -0.25) is 9.10 Å². The number of carbonyl (C=O) groups is 1. The summed E-state index contributed by atoms with van der Waals surface area (Å²) in [4.78, 5) is 12.3. The molecule has 0 aliphatic carbocycles. The van der Waals surface area contributed by atoms with Gasteiger partial charge >= 0.3 is 0 Å². The maximum atomic E-state index is 12.3. The molecule has 0 saturated heterocycles. The number of methoxy groups -OCH3 is 1. The Balaban J connectivity index is 2.18. The van der Waals surface area contributed by atoms with Crippen LogP contribution in [-0.4, -0.2) is 34.2 Å². The van der Waals surface area contributed by atoms with Crippen molar-refractivity contribution in [3.8, 4) is 5.75 Å². The number of sulfonamides is 1. The first-order valence-electron chi connectivity index (χ1n) is 7.84. The SMILES string of the molecule is COc1ccc(Cl)cc1N(CC(=O)NCc1cccc(C)c1)S(C)(=O)=O. The molecule has 2 aromatic carbocycles. The highest BCUT2D eigenvalue weighted by Gasteiger charge is 2.24. The molecule has 0 atom stereocenters. The van der Waals surface area contributed by atoms with E-state index in [0.717, 1.165) is 21.7 Å². The van der Waals surface area contributed by atoms with E-state index in [0.29, 0.717) is 17.3 Å². The van der Waals surface area contributed by atoms with Crippen molar-refractivity contribution in [3.05, 3.63) is 58.6 Å². The predicted octanol–water partition coefficient (Wildman–Crippen LogP) is 2.74. The van der Waals surface area contributed by atoms with Crippen LogP contribution in [0.25, 0.3) is 0 Å². The van der Waals surface area contributed by atoms with E-state index in [-0.39, 0.29) is 12.2 Å². The molecule has 0 bridgehead atoms. The molecule has 0 aromatic heterocycles. The Morgan fingerprint density at radius 3 is 2.58 bits per heavy atom. The van der Waals surface area contributed by atoms with E-state index < -0.39 is 15.9 Å². The molecule has 1 amide bonds. The van der Waals surface area contributed by atoms with Crippen molar-refractivity contribution in [2.45, 2.75) is 13.5 Å². The summed E-state index contributed by atoms with van der Waals surface area (Å²) in [6, 6.07) is 12.3. The summed E-state index contributed by atoms with van der Waals surface area (Å²) in [5.41, 5.74) is 2.23. The minimum atomic E-state index is -3.72. The molecule has 0 fully saturated rings. The third-order valence-electron chi connectivity index (χ3n) is 3.67. The van der Waals surface area contributed by atoms with Gasteiger partial charge in [0, 0.05) is 11.6 Å². The summed E-state index contributed by atoms with van der Waals surface area (Å²) >= 11 is 5.98. The smallest absolute Gasteiger partial charge is 0.241 e. The number of nitrogens with zero attached hydrogens (tertiary/aromatic N) is 1. The Labute approximate surface area is 158 Å². The van der Waals surface area contributed by atoms with Gasteiger partial charge in [-0.05, 0) is 30.7 Å². The van der Waals surface area contributed by atoms with Gasteiger partial charge in [0.25, 0.3) is 0 Å². The summed E-state index contributed by atoms with van der Waals surface area (Å²) < 4.78 is 30.6. The van der Waals surface area contributed by atoms with E-state index >= 15 is 0 Å². The molecule has 0 aliphatic heterocycles. The Bertz CT molecular complexity index is 900. The number of hydrogen-bond acceptors (Lipinski definition) is 4. The first-order valence-corrected chi connectivity index (χ1v) is 10.1. The van der Waals surface area contributed by atoms with Crippen LogP contribution in [0.3, 0.4) is 0 Å². The number of carbonyl (C=O) groups excluding carboxylic acids is 1. The molecule has 0 saturated carbocycles. The lowest BCUT2D eigenvalue weighted by Crippen LogP contribution is -2.40. The summed E-state index contributed by atoms with van der Waals surface area (Å²) in [5, 5.41) is 3.07. The number of rotatable bonds is 7. The maximum Gasteiger partial charge on any atom is 0.241 e. The number of ether oxygens (including phenoxy) is 1.